The van der Waals surface area contributed by atoms with E-state index in [0.29, 0.717) is 5.39 Å². The molecule has 0 unspecified atom stereocenters. The van der Waals surface area contributed by atoms with E-state index in [1.807, 2.05) is 30.3 Å². The van der Waals surface area contributed by atoms with Crippen LogP contribution in [0.1, 0.15) is 15.2 Å². The number of hydrogen-bond acceptors (Lipinski definition) is 5. The standard InChI is InChI=1S/C17H15NO4S2/c1-22-17(19)15-16(13-9-5-6-10-14(13)23-15)24(20,21)18-11-12-7-3-2-4-8-12/h2-10,18H,11H2,1H3. The van der Waals surface area contributed by atoms with Gasteiger partial charge in [0.2, 0.25) is 10.0 Å². The lowest BCUT2D eigenvalue weighted by atomic mass is 10.2. The fourth-order valence-corrected chi connectivity index (χ4v) is 5.19. The van der Waals surface area contributed by atoms with Crippen molar-refractivity contribution in [1.29, 1.82) is 0 Å². The largest absolute Gasteiger partial charge is 0.465 e. The second-order valence-corrected chi connectivity index (χ2v) is 7.81. The molecule has 0 aliphatic heterocycles. The number of esters is 1. The maximum absolute atomic E-state index is 12.8. The lowest BCUT2D eigenvalue weighted by Crippen LogP contribution is -2.24. The molecule has 3 aromatic rings. The minimum atomic E-state index is -3.87. The smallest absolute Gasteiger partial charge is 0.349 e. The first kappa shape index (κ1) is 16.6. The number of sulfonamides is 1. The Balaban J connectivity index is 2.04. The monoisotopic (exact) mass is 361 g/mol. The second-order valence-electron chi connectivity index (χ2n) is 5.06. The Hall–Kier alpha value is -2.22. The number of fused-ring (bicyclic) bond motifs is 1. The van der Waals surface area contributed by atoms with E-state index < -0.39 is 16.0 Å². The first-order valence-corrected chi connectivity index (χ1v) is 9.46. The molecule has 0 saturated carbocycles. The van der Waals surface area contributed by atoms with Gasteiger partial charge in [0.15, 0.2) is 0 Å². The fourth-order valence-electron chi connectivity index (χ4n) is 2.36. The molecule has 0 fully saturated rings. The average molecular weight is 361 g/mol. The second kappa shape index (κ2) is 6.72. The van der Waals surface area contributed by atoms with Crippen molar-refractivity contribution in [3.63, 3.8) is 0 Å². The number of rotatable bonds is 5. The van der Waals surface area contributed by atoms with Gasteiger partial charge in [-0.1, -0.05) is 48.5 Å². The Morgan fingerprint density at radius 3 is 2.46 bits per heavy atom. The highest BCUT2D eigenvalue weighted by molar-refractivity contribution is 7.90. The van der Waals surface area contributed by atoms with E-state index >= 15 is 0 Å². The number of hydrogen-bond donors (Lipinski definition) is 1. The van der Waals surface area contributed by atoms with E-state index in [9.17, 15) is 13.2 Å². The Morgan fingerprint density at radius 1 is 1.08 bits per heavy atom. The van der Waals surface area contributed by atoms with Crippen LogP contribution in [-0.4, -0.2) is 21.5 Å². The molecule has 0 aliphatic carbocycles. The summed E-state index contributed by atoms with van der Waals surface area (Å²) in [6.45, 7) is 0.147. The summed E-state index contributed by atoms with van der Waals surface area (Å²) in [6.07, 6.45) is 0. The molecule has 1 aromatic heterocycles. The zero-order valence-corrected chi connectivity index (χ0v) is 14.5. The van der Waals surface area contributed by atoms with Crippen LogP contribution in [0.5, 0.6) is 0 Å². The molecule has 124 valence electrons. The Kier molecular flexibility index (Phi) is 4.66. The maximum Gasteiger partial charge on any atom is 0.349 e. The van der Waals surface area contributed by atoms with Gasteiger partial charge in [-0.25, -0.2) is 17.9 Å². The first-order chi connectivity index (χ1) is 11.5. The topological polar surface area (TPSA) is 72.5 Å². The highest BCUT2D eigenvalue weighted by Crippen LogP contribution is 2.35. The lowest BCUT2D eigenvalue weighted by molar-refractivity contribution is 0.0602. The molecule has 0 bridgehead atoms. The van der Waals surface area contributed by atoms with Crippen LogP contribution in [0.4, 0.5) is 0 Å². The van der Waals surface area contributed by atoms with Crippen LogP contribution in [0.3, 0.4) is 0 Å². The number of carbonyl (C=O) groups excluding carboxylic acids is 1. The number of carbonyl (C=O) groups is 1. The molecule has 3 rings (SSSR count). The summed E-state index contributed by atoms with van der Waals surface area (Å²) in [5.41, 5.74) is 0.834. The highest BCUT2D eigenvalue weighted by atomic mass is 32.2. The van der Waals surface area contributed by atoms with Crippen molar-refractivity contribution in [2.75, 3.05) is 7.11 Å². The third kappa shape index (κ3) is 3.19. The summed E-state index contributed by atoms with van der Waals surface area (Å²) in [6, 6.07) is 16.2. The van der Waals surface area contributed by atoms with E-state index in [-0.39, 0.29) is 16.3 Å². The molecular weight excluding hydrogens is 346 g/mol. The third-order valence-corrected chi connectivity index (χ3v) is 6.26. The average Bonchev–Trinajstić information content (AvgIpc) is 3.00. The van der Waals surface area contributed by atoms with Gasteiger partial charge < -0.3 is 4.74 Å². The molecule has 1 N–H and O–H groups in total. The molecular formula is C17H15NO4S2. The van der Waals surface area contributed by atoms with Gasteiger partial charge >= 0.3 is 5.97 Å². The van der Waals surface area contributed by atoms with Crippen molar-refractivity contribution in [1.82, 2.24) is 4.72 Å². The predicted molar refractivity (Wildman–Crippen MR) is 93.6 cm³/mol. The van der Waals surface area contributed by atoms with Crippen molar-refractivity contribution in [2.24, 2.45) is 0 Å². The first-order valence-electron chi connectivity index (χ1n) is 7.16. The van der Waals surface area contributed by atoms with Crippen molar-refractivity contribution >= 4 is 37.4 Å². The summed E-state index contributed by atoms with van der Waals surface area (Å²) < 4.78 is 33.6. The summed E-state index contributed by atoms with van der Waals surface area (Å²) >= 11 is 1.11. The quantitative estimate of drug-likeness (QED) is 0.709. The number of methoxy groups -OCH3 is 1. The molecule has 24 heavy (non-hydrogen) atoms. The minimum Gasteiger partial charge on any atom is -0.465 e. The molecule has 0 radical (unpaired) electrons. The van der Waals surface area contributed by atoms with Crippen LogP contribution in [-0.2, 0) is 21.3 Å². The molecule has 0 atom stereocenters. The van der Waals surface area contributed by atoms with Crippen LogP contribution in [0, 0.1) is 0 Å². The predicted octanol–water partition coefficient (Wildman–Crippen LogP) is 3.17. The van der Waals surface area contributed by atoms with E-state index in [1.54, 1.807) is 24.3 Å². The van der Waals surface area contributed by atoms with Crippen LogP contribution in [0.2, 0.25) is 0 Å². The minimum absolute atomic E-state index is 0.0223. The van der Waals surface area contributed by atoms with Gasteiger partial charge in [-0.3, -0.25) is 0 Å². The van der Waals surface area contributed by atoms with Crippen molar-refractivity contribution in [3.05, 3.63) is 65.0 Å². The Labute approximate surface area is 143 Å². The zero-order valence-electron chi connectivity index (χ0n) is 12.9. The van der Waals surface area contributed by atoms with Crippen LogP contribution < -0.4 is 4.72 Å². The van der Waals surface area contributed by atoms with Gasteiger partial charge in [0.1, 0.15) is 9.77 Å². The van der Waals surface area contributed by atoms with Gasteiger partial charge in [0.25, 0.3) is 0 Å². The highest BCUT2D eigenvalue weighted by Gasteiger charge is 2.28. The normalized spacial score (nSPS) is 11.5. The third-order valence-electron chi connectivity index (χ3n) is 3.50. The van der Waals surface area contributed by atoms with Crippen molar-refractivity contribution in [2.45, 2.75) is 11.4 Å². The molecule has 0 spiro atoms. The Morgan fingerprint density at radius 2 is 1.75 bits per heavy atom. The molecule has 1 heterocycles. The molecule has 2 aromatic carbocycles. The molecule has 5 nitrogen and oxygen atoms in total. The van der Waals surface area contributed by atoms with Crippen molar-refractivity contribution in [3.8, 4) is 0 Å². The summed E-state index contributed by atoms with van der Waals surface area (Å²) in [7, 11) is -2.63. The Bertz CT molecular complexity index is 978. The van der Waals surface area contributed by atoms with E-state index in [2.05, 4.69) is 4.72 Å². The van der Waals surface area contributed by atoms with Crippen LogP contribution in [0.25, 0.3) is 10.1 Å². The SMILES string of the molecule is COC(=O)c1sc2ccccc2c1S(=O)(=O)NCc1ccccc1. The summed E-state index contributed by atoms with van der Waals surface area (Å²) in [5, 5.41) is 0.517. The van der Waals surface area contributed by atoms with Gasteiger partial charge in [-0.15, -0.1) is 11.3 Å². The molecule has 0 aliphatic rings. The number of nitrogens with one attached hydrogen (secondary N) is 1. The van der Waals surface area contributed by atoms with Gasteiger partial charge in [-0.2, -0.15) is 0 Å². The van der Waals surface area contributed by atoms with E-state index in [1.165, 1.54) is 7.11 Å². The van der Waals surface area contributed by atoms with Gasteiger partial charge in [0.05, 0.1) is 7.11 Å². The number of ether oxygens (including phenoxy) is 1. The van der Waals surface area contributed by atoms with Crippen LogP contribution >= 0.6 is 11.3 Å². The molecule has 0 saturated heterocycles. The van der Waals surface area contributed by atoms with Crippen molar-refractivity contribution < 1.29 is 17.9 Å². The number of thiophene rings is 1. The fraction of sp³-hybridized carbons (Fsp3) is 0.118. The lowest BCUT2D eigenvalue weighted by Gasteiger charge is -2.08. The summed E-state index contributed by atoms with van der Waals surface area (Å²) in [4.78, 5) is 12.1. The zero-order chi connectivity index (χ0) is 17.2. The van der Waals surface area contributed by atoms with Gasteiger partial charge in [-0.05, 0) is 11.6 Å². The number of benzene rings is 2. The molecule has 7 heteroatoms. The van der Waals surface area contributed by atoms with E-state index in [0.717, 1.165) is 21.6 Å². The molecule has 0 amide bonds. The van der Waals surface area contributed by atoms with E-state index in [4.69, 9.17) is 4.74 Å². The summed E-state index contributed by atoms with van der Waals surface area (Å²) in [5.74, 6) is -0.656. The maximum atomic E-state index is 12.8. The van der Waals surface area contributed by atoms with Crippen LogP contribution in [0.15, 0.2) is 59.5 Å². The van der Waals surface area contributed by atoms with Gasteiger partial charge in [0, 0.05) is 16.6 Å².